The van der Waals surface area contributed by atoms with Gasteiger partial charge in [0.1, 0.15) is 16.9 Å². The molecule has 10 aromatic rings. The number of fused-ring (bicyclic) bond motifs is 9. The molecule has 0 N–H and O–H groups in total. The summed E-state index contributed by atoms with van der Waals surface area (Å²) in [5.41, 5.74) is 9.52. The van der Waals surface area contributed by atoms with Gasteiger partial charge in [0.25, 0.3) is 0 Å². The third-order valence-corrected chi connectivity index (χ3v) is 10.9. The molecular weight excluding hydrogens is 665 g/mol. The molecular formula is C48H32N4O2. The molecule has 0 saturated carbocycles. The number of ether oxygens (including phenoxy) is 1. The Labute approximate surface area is 311 Å². The van der Waals surface area contributed by atoms with Crippen molar-refractivity contribution >= 4 is 43.7 Å². The molecule has 54 heavy (non-hydrogen) atoms. The normalized spacial score (nSPS) is 13.3. The monoisotopic (exact) mass is 696 g/mol. The molecule has 0 unspecified atom stereocenters. The van der Waals surface area contributed by atoms with Crippen molar-refractivity contribution in [1.82, 2.24) is 19.5 Å². The third-order valence-electron chi connectivity index (χ3n) is 10.9. The molecule has 0 spiro atoms. The van der Waals surface area contributed by atoms with Crippen molar-refractivity contribution in [1.29, 1.82) is 0 Å². The Bertz CT molecular complexity index is 3050. The topological polar surface area (TPSA) is 66.0 Å². The maximum Gasteiger partial charge on any atom is 0.164 e. The molecule has 6 nitrogen and oxygen atoms in total. The standard InChI is InChI=1S/C48H32N4O2/c1-48(2)36-20-10-12-22-40(36)54-44-37(48)26-25-33-32-18-9-11-21-38(32)52(43(33)44)31-24-27-39-35(28-31)42-34(19-13-23-41(42)53-39)47-50-45(29-14-5-3-6-15-29)49-46(51-47)30-16-7-4-8-17-30/h3-28H,1-2H3. The van der Waals surface area contributed by atoms with Gasteiger partial charge in [-0.1, -0.05) is 135 Å². The Hall–Kier alpha value is -7.05. The second kappa shape index (κ2) is 11.5. The van der Waals surface area contributed by atoms with E-state index in [1.807, 2.05) is 78.9 Å². The number of hydrogen-bond donors (Lipinski definition) is 0. The lowest BCUT2D eigenvalue weighted by molar-refractivity contribution is 0.421. The molecule has 0 atom stereocenters. The van der Waals surface area contributed by atoms with E-state index < -0.39 is 0 Å². The number of rotatable bonds is 4. The Balaban J connectivity index is 1.17. The summed E-state index contributed by atoms with van der Waals surface area (Å²) in [6.07, 6.45) is 0. The van der Waals surface area contributed by atoms with Crippen molar-refractivity contribution in [2.24, 2.45) is 0 Å². The molecule has 3 aromatic heterocycles. The predicted octanol–water partition coefficient (Wildman–Crippen LogP) is 12.3. The van der Waals surface area contributed by atoms with E-state index in [1.54, 1.807) is 0 Å². The summed E-state index contributed by atoms with van der Waals surface area (Å²) in [5, 5.41) is 4.24. The molecule has 6 heteroatoms. The lowest BCUT2D eigenvalue weighted by Crippen LogP contribution is -2.24. The summed E-state index contributed by atoms with van der Waals surface area (Å²) in [7, 11) is 0. The maximum absolute atomic E-state index is 6.87. The second-order valence-corrected chi connectivity index (χ2v) is 14.4. The van der Waals surface area contributed by atoms with Gasteiger partial charge in [0.15, 0.2) is 23.2 Å². The highest BCUT2D eigenvalue weighted by Crippen LogP contribution is 2.52. The van der Waals surface area contributed by atoms with Gasteiger partial charge in [-0.3, -0.25) is 0 Å². The third kappa shape index (κ3) is 4.50. The first-order valence-corrected chi connectivity index (χ1v) is 18.2. The number of aromatic nitrogens is 4. The van der Waals surface area contributed by atoms with Crippen molar-refractivity contribution < 1.29 is 9.15 Å². The fourth-order valence-electron chi connectivity index (χ4n) is 8.29. The minimum atomic E-state index is -0.249. The molecule has 11 rings (SSSR count). The largest absolute Gasteiger partial charge is 0.456 e. The van der Waals surface area contributed by atoms with Crippen LogP contribution in [0.2, 0.25) is 0 Å². The highest BCUT2D eigenvalue weighted by molar-refractivity contribution is 6.14. The highest BCUT2D eigenvalue weighted by Gasteiger charge is 2.36. The average Bonchev–Trinajstić information content (AvgIpc) is 3.77. The lowest BCUT2D eigenvalue weighted by Gasteiger charge is -2.35. The van der Waals surface area contributed by atoms with E-state index in [1.165, 1.54) is 10.9 Å². The molecule has 0 amide bonds. The first kappa shape index (κ1) is 30.6. The van der Waals surface area contributed by atoms with Gasteiger partial charge < -0.3 is 13.7 Å². The van der Waals surface area contributed by atoms with Gasteiger partial charge in [0.2, 0.25) is 0 Å². The van der Waals surface area contributed by atoms with Gasteiger partial charge in [-0.25, -0.2) is 15.0 Å². The molecule has 4 heterocycles. The Kier molecular flexibility index (Phi) is 6.49. The van der Waals surface area contributed by atoms with E-state index in [-0.39, 0.29) is 5.41 Å². The fraction of sp³-hybridized carbons (Fsp3) is 0.0625. The Morgan fingerprint density at radius 1 is 0.519 bits per heavy atom. The van der Waals surface area contributed by atoms with Crippen molar-refractivity contribution in [2.45, 2.75) is 19.3 Å². The second-order valence-electron chi connectivity index (χ2n) is 14.4. The van der Waals surface area contributed by atoms with Crippen LogP contribution in [-0.4, -0.2) is 19.5 Å². The van der Waals surface area contributed by atoms with Crippen LogP contribution in [0.15, 0.2) is 162 Å². The van der Waals surface area contributed by atoms with Gasteiger partial charge in [-0.05, 0) is 36.4 Å². The van der Waals surface area contributed by atoms with Crippen molar-refractivity contribution in [3.8, 4) is 51.3 Å². The zero-order valence-corrected chi connectivity index (χ0v) is 29.6. The molecule has 0 aliphatic carbocycles. The molecule has 0 radical (unpaired) electrons. The quantitative estimate of drug-likeness (QED) is 0.183. The van der Waals surface area contributed by atoms with Crippen LogP contribution in [0.1, 0.15) is 25.0 Å². The van der Waals surface area contributed by atoms with Crippen LogP contribution in [0.4, 0.5) is 0 Å². The van der Waals surface area contributed by atoms with E-state index in [0.29, 0.717) is 17.5 Å². The van der Waals surface area contributed by atoms with Crippen LogP contribution in [0.5, 0.6) is 11.5 Å². The molecule has 0 fully saturated rings. The molecule has 1 aliphatic rings. The smallest absolute Gasteiger partial charge is 0.164 e. The van der Waals surface area contributed by atoms with Crippen LogP contribution < -0.4 is 4.74 Å². The Morgan fingerprint density at radius 3 is 1.98 bits per heavy atom. The number of benzene rings is 7. The predicted molar refractivity (Wildman–Crippen MR) is 216 cm³/mol. The lowest BCUT2D eigenvalue weighted by atomic mass is 9.75. The molecule has 1 aliphatic heterocycles. The summed E-state index contributed by atoms with van der Waals surface area (Å²) in [6.45, 7) is 4.57. The Morgan fingerprint density at radius 2 is 1.20 bits per heavy atom. The van der Waals surface area contributed by atoms with Crippen molar-refractivity contribution in [3.63, 3.8) is 0 Å². The summed E-state index contributed by atoms with van der Waals surface area (Å²) >= 11 is 0. The summed E-state index contributed by atoms with van der Waals surface area (Å²) < 4.78 is 15.8. The number of hydrogen-bond acceptors (Lipinski definition) is 5. The van der Waals surface area contributed by atoms with Crippen molar-refractivity contribution in [3.05, 3.63) is 169 Å². The van der Waals surface area contributed by atoms with Gasteiger partial charge in [-0.15, -0.1) is 0 Å². The van der Waals surface area contributed by atoms with Crippen LogP contribution in [0.25, 0.3) is 83.6 Å². The van der Waals surface area contributed by atoms with Crippen LogP contribution in [0, 0.1) is 0 Å². The fourth-order valence-corrected chi connectivity index (χ4v) is 8.29. The van der Waals surface area contributed by atoms with Crippen LogP contribution in [-0.2, 0) is 5.41 Å². The van der Waals surface area contributed by atoms with Gasteiger partial charge >= 0.3 is 0 Å². The molecule has 0 bridgehead atoms. The van der Waals surface area contributed by atoms with E-state index in [2.05, 4.69) is 97.3 Å². The number of nitrogens with zero attached hydrogens (tertiary/aromatic N) is 4. The van der Waals surface area contributed by atoms with Gasteiger partial charge in [0.05, 0.1) is 11.0 Å². The minimum Gasteiger partial charge on any atom is -0.456 e. The summed E-state index contributed by atoms with van der Waals surface area (Å²) in [5.74, 6) is 3.59. The zero-order chi connectivity index (χ0) is 36.0. The minimum absolute atomic E-state index is 0.249. The van der Waals surface area contributed by atoms with E-state index in [4.69, 9.17) is 24.1 Å². The zero-order valence-electron chi connectivity index (χ0n) is 29.6. The maximum atomic E-state index is 6.87. The van der Waals surface area contributed by atoms with E-state index >= 15 is 0 Å². The van der Waals surface area contributed by atoms with E-state index in [0.717, 1.165) is 77.8 Å². The van der Waals surface area contributed by atoms with Crippen LogP contribution >= 0.6 is 0 Å². The number of para-hydroxylation sites is 2. The van der Waals surface area contributed by atoms with E-state index in [9.17, 15) is 0 Å². The van der Waals surface area contributed by atoms with Crippen LogP contribution in [0.3, 0.4) is 0 Å². The SMILES string of the molecule is CC1(C)c2ccccc2Oc2c1ccc1c3ccccc3n(-c3ccc4oc5cccc(-c6nc(-c7ccccc7)nc(-c7ccccc7)n6)c5c4c3)c21. The molecule has 7 aromatic carbocycles. The van der Waals surface area contributed by atoms with Gasteiger partial charge in [-0.2, -0.15) is 0 Å². The highest BCUT2D eigenvalue weighted by atomic mass is 16.5. The summed E-state index contributed by atoms with van der Waals surface area (Å²) in [6, 6.07) is 54.1. The molecule has 0 saturated heterocycles. The first-order chi connectivity index (χ1) is 26.5. The van der Waals surface area contributed by atoms with Crippen molar-refractivity contribution in [2.75, 3.05) is 0 Å². The van der Waals surface area contributed by atoms with Gasteiger partial charge in [0, 0.05) is 60.5 Å². The summed E-state index contributed by atoms with van der Waals surface area (Å²) in [4.78, 5) is 15.1. The molecule has 256 valence electrons. The average molecular weight is 697 g/mol. The number of furan rings is 1. The first-order valence-electron chi connectivity index (χ1n) is 18.2.